The summed E-state index contributed by atoms with van der Waals surface area (Å²) in [5.41, 5.74) is 1.61. The standard InChI is InChI=1S/C22H14ClNO2S2/c23-16-8-6-15(7-9-16)14-20-21(25)24(22(27)28-20)17-10-12-19(13-11-17)26-18-4-2-1-3-5-18/h1-14H/b20-14-. The SMILES string of the molecule is O=C1/C(=C/c2ccc(Cl)cc2)SC(=S)N1c1ccc(Oc2ccccc2)cc1. The maximum Gasteiger partial charge on any atom is 0.270 e. The van der Waals surface area contributed by atoms with E-state index in [0.717, 1.165) is 11.3 Å². The molecule has 1 heterocycles. The lowest BCUT2D eigenvalue weighted by Gasteiger charge is -2.15. The maximum absolute atomic E-state index is 12.9. The van der Waals surface area contributed by atoms with E-state index in [1.54, 1.807) is 12.1 Å². The number of carbonyl (C=O) groups is 1. The number of carbonyl (C=O) groups excluding carboxylic acids is 1. The highest BCUT2D eigenvalue weighted by atomic mass is 35.5. The minimum Gasteiger partial charge on any atom is -0.457 e. The summed E-state index contributed by atoms with van der Waals surface area (Å²) >= 11 is 12.6. The molecule has 1 amide bonds. The van der Waals surface area contributed by atoms with Crippen molar-refractivity contribution >= 4 is 57.6 Å². The van der Waals surface area contributed by atoms with Gasteiger partial charge in [0.2, 0.25) is 0 Å². The van der Waals surface area contributed by atoms with Gasteiger partial charge in [0.05, 0.1) is 10.6 Å². The number of para-hydroxylation sites is 1. The Hall–Kier alpha value is -2.60. The molecule has 0 atom stereocenters. The molecule has 0 saturated carbocycles. The van der Waals surface area contributed by atoms with Crippen molar-refractivity contribution in [3.05, 3.63) is 94.4 Å². The van der Waals surface area contributed by atoms with E-state index in [0.29, 0.717) is 25.7 Å². The molecular weight excluding hydrogens is 410 g/mol. The zero-order valence-corrected chi connectivity index (χ0v) is 16.9. The second-order valence-electron chi connectivity index (χ2n) is 5.98. The lowest BCUT2D eigenvalue weighted by Crippen LogP contribution is -2.27. The molecule has 3 aromatic rings. The van der Waals surface area contributed by atoms with Crippen LogP contribution in [0.5, 0.6) is 11.5 Å². The number of rotatable bonds is 4. The van der Waals surface area contributed by atoms with Gasteiger partial charge in [-0.05, 0) is 60.2 Å². The highest BCUT2D eigenvalue weighted by molar-refractivity contribution is 8.27. The van der Waals surface area contributed by atoms with Crippen LogP contribution in [0.15, 0.2) is 83.8 Å². The summed E-state index contributed by atoms with van der Waals surface area (Å²) in [7, 11) is 0. The van der Waals surface area contributed by atoms with Gasteiger partial charge in [0, 0.05) is 5.02 Å². The van der Waals surface area contributed by atoms with Crippen LogP contribution in [-0.2, 0) is 4.79 Å². The van der Waals surface area contributed by atoms with Gasteiger partial charge in [0.15, 0.2) is 4.32 Å². The summed E-state index contributed by atoms with van der Waals surface area (Å²) in [6.07, 6.45) is 1.82. The smallest absolute Gasteiger partial charge is 0.270 e. The lowest BCUT2D eigenvalue weighted by molar-refractivity contribution is -0.113. The number of halogens is 1. The van der Waals surface area contributed by atoms with Crippen LogP contribution in [0.3, 0.4) is 0 Å². The van der Waals surface area contributed by atoms with Gasteiger partial charge in [-0.2, -0.15) is 0 Å². The predicted molar refractivity (Wildman–Crippen MR) is 120 cm³/mol. The minimum absolute atomic E-state index is 0.137. The van der Waals surface area contributed by atoms with E-state index in [-0.39, 0.29) is 5.91 Å². The van der Waals surface area contributed by atoms with Crippen molar-refractivity contribution in [1.29, 1.82) is 0 Å². The van der Waals surface area contributed by atoms with E-state index in [2.05, 4.69) is 0 Å². The summed E-state index contributed by atoms with van der Waals surface area (Å²) in [4.78, 5) is 15.0. The van der Waals surface area contributed by atoms with Gasteiger partial charge in [-0.3, -0.25) is 9.69 Å². The zero-order valence-electron chi connectivity index (χ0n) is 14.5. The maximum atomic E-state index is 12.9. The fourth-order valence-electron chi connectivity index (χ4n) is 2.69. The number of thiocarbonyl (C=S) groups is 1. The molecule has 0 aliphatic carbocycles. The zero-order chi connectivity index (χ0) is 19.5. The molecular formula is C22H14ClNO2S2. The van der Waals surface area contributed by atoms with Gasteiger partial charge in [-0.25, -0.2) is 0 Å². The third-order valence-electron chi connectivity index (χ3n) is 4.04. The van der Waals surface area contributed by atoms with Crippen molar-refractivity contribution in [2.24, 2.45) is 0 Å². The number of amides is 1. The van der Waals surface area contributed by atoms with Crippen LogP contribution >= 0.6 is 35.6 Å². The summed E-state index contributed by atoms with van der Waals surface area (Å²) in [6, 6.07) is 24.1. The molecule has 138 valence electrons. The fraction of sp³-hybridized carbons (Fsp3) is 0. The molecule has 3 aromatic carbocycles. The average Bonchev–Trinajstić information content (AvgIpc) is 2.98. The fourth-order valence-corrected chi connectivity index (χ4v) is 4.11. The molecule has 6 heteroatoms. The average molecular weight is 424 g/mol. The molecule has 0 aromatic heterocycles. The molecule has 1 aliphatic heterocycles. The monoisotopic (exact) mass is 423 g/mol. The molecule has 3 nitrogen and oxygen atoms in total. The van der Waals surface area contributed by atoms with E-state index in [1.165, 1.54) is 16.7 Å². The van der Waals surface area contributed by atoms with Crippen molar-refractivity contribution in [1.82, 2.24) is 0 Å². The van der Waals surface area contributed by atoms with Crippen molar-refractivity contribution in [2.45, 2.75) is 0 Å². The van der Waals surface area contributed by atoms with Crippen LogP contribution in [0.2, 0.25) is 5.02 Å². The topological polar surface area (TPSA) is 29.5 Å². The molecule has 0 radical (unpaired) electrons. The van der Waals surface area contributed by atoms with Crippen molar-refractivity contribution < 1.29 is 9.53 Å². The Kier molecular flexibility index (Phi) is 5.48. The molecule has 4 rings (SSSR count). The van der Waals surface area contributed by atoms with Crippen LogP contribution in [0.4, 0.5) is 5.69 Å². The van der Waals surface area contributed by atoms with Crippen LogP contribution in [0.25, 0.3) is 6.08 Å². The third-order valence-corrected chi connectivity index (χ3v) is 5.59. The van der Waals surface area contributed by atoms with E-state index >= 15 is 0 Å². The Labute approximate surface area is 177 Å². The molecule has 1 aliphatic rings. The Morgan fingerprint density at radius 2 is 1.54 bits per heavy atom. The van der Waals surface area contributed by atoms with Gasteiger partial charge in [-0.15, -0.1) is 0 Å². The predicted octanol–water partition coefficient (Wildman–Crippen LogP) is 6.54. The van der Waals surface area contributed by atoms with Crippen LogP contribution < -0.4 is 9.64 Å². The Balaban J connectivity index is 1.53. The highest BCUT2D eigenvalue weighted by Gasteiger charge is 2.33. The number of nitrogens with zero attached hydrogens (tertiary/aromatic N) is 1. The largest absolute Gasteiger partial charge is 0.457 e. The number of anilines is 1. The molecule has 0 unspecified atom stereocenters. The quantitative estimate of drug-likeness (QED) is 0.352. The van der Waals surface area contributed by atoms with Gasteiger partial charge >= 0.3 is 0 Å². The number of ether oxygens (including phenoxy) is 1. The molecule has 0 bridgehead atoms. The van der Waals surface area contributed by atoms with Crippen LogP contribution in [0, 0.1) is 0 Å². The lowest BCUT2D eigenvalue weighted by atomic mass is 10.2. The first-order valence-electron chi connectivity index (χ1n) is 8.47. The first kappa shape index (κ1) is 18.7. The summed E-state index contributed by atoms with van der Waals surface area (Å²) < 4.78 is 6.30. The van der Waals surface area contributed by atoms with Crippen LogP contribution in [-0.4, -0.2) is 10.2 Å². The summed E-state index contributed by atoms with van der Waals surface area (Å²) in [5.74, 6) is 1.31. The van der Waals surface area contributed by atoms with Crippen molar-refractivity contribution in [3.8, 4) is 11.5 Å². The Bertz CT molecular complexity index is 1050. The third kappa shape index (κ3) is 4.12. The molecule has 28 heavy (non-hydrogen) atoms. The molecule has 0 spiro atoms. The summed E-state index contributed by atoms with van der Waals surface area (Å²) in [5, 5.41) is 0.655. The van der Waals surface area contributed by atoms with Gasteiger partial charge < -0.3 is 4.74 Å². The minimum atomic E-state index is -0.137. The van der Waals surface area contributed by atoms with E-state index in [4.69, 9.17) is 28.6 Å². The van der Waals surface area contributed by atoms with Crippen molar-refractivity contribution in [2.75, 3.05) is 4.90 Å². The first-order chi connectivity index (χ1) is 13.6. The number of hydrogen-bond acceptors (Lipinski definition) is 4. The second kappa shape index (κ2) is 8.19. The van der Waals surface area contributed by atoms with Gasteiger partial charge in [0.25, 0.3) is 5.91 Å². The number of thioether (sulfide) groups is 1. The second-order valence-corrected chi connectivity index (χ2v) is 8.09. The Morgan fingerprint density at radius 3 is 2.21 bits per heavy atom. The van der Waals surface area contributed by atoms with E-state index in [9.17, 15) is 4.79 Å². The molecule has 1 fully saturated rings. The van der Waals surface area contributed by atoms with E-state index in [1.807, 2.05) is 72.8 Å². The first-order valence-corrected chi connectivity index (χ1v) is 10.1. The molecule has 0 N–H and O–H groups in total. The van der Waals surface area contributed by atoms with Crippen molar-refractivity contribution in [3.63, 3.8) is 0 Å². The normalized spacial score (nSPS) is 15.3. The highest BCUT2D eigenvalue weighted by Crippen LogP contribution is 2.37. The summed E-state index contributed by atoms with van der Waals surface area (Å²) in [6.45, 7) is 0. The van der Waals surface area contributed by atoms with Crippen LogP contribution in [0.1, 0.15) is 5.56 Å². The van der Waals surface area contributed by atoms with Gasteiger partial charge in [0.1, 0.15) is 11.5 Å². The Morgan fingerprint density at radius 1 is 0.893 bits per heavy atom. The van der Waals surface area contributed by atoms with Gasteiger partial charge in [-0.1, -0.05) is 65.9 Å². The number of hydrogen-bond donors (Lipinski definition) is 0. The molecule has 1 saturated heterocycles. The number of benzene rings is 3. The van der Waals surface area contributed by atoms with E-state index < -0.39 is 0 Å².